The topological polar surface area (TPSA) is 161 Å². The lowest BCUT2D eigenvalue weighted by Crippen LogP contribution is -2.51. The zero-order chi connectivity index (χ0) is 30.2. The van der Waals surface area contributed by atoms with E-state index in [2.05, 4.69) is 30.4 Å². The van der Waals surface area contributed by atoms with E-state index in [1.807, 2.05) is 0 Å². The zero-order valence-corrected chi connectivity index (χ0v) is 24.5. The van der Waals surface area contributed by atoms with E-state index in [-0.39, 0.29) is 23.4 Å². The molecule has 4 aliphatic rings. The molecule has 3 N–H and O–H groups in total. The molecule has 0 spiro atoms. The lowest BCUT2D eigenvalue weighted by Gasteiger charge is -2.57. The van der Waals surface area contributed by atoms with Gasteiger partial charge in [0.1, 0.15) is 6.04 Å². The van der Waals surface area contributed by atoms with Crippen molar-refractivity contribution in [3.8, 4) is 5.75 Å². The number of benzene rings is 1. The SMILES string of the molecule is COC(=O)C(Cc1ccc(O)c([N+](=O)[O-])c1)NC(=O)CON=C1C=C2CCC3C4CCC(O)[C@@]4(C)CCC3[C@@]2(C)CC1. The second kappa shape index (κ2) is 11.7. The highest BCUT2D eigenvalue weighted by molar-refractivity contribution is 5.96. The number of fused-ring (bicyclic) bond motifs is 5. The minimum Gasteiger partial charge on any atom is -0.502 e. The fourth-order valence-electron chi connectivity index (χ4n) is 8.44. The quantitative estimate of drug-likeness (QED) is 0.233. The number of nitro groups is 1. The number of nitro benzene ring substituents is 1. The van der Waals surface area contributed by atoms with Gasteiger partial charge in [-0.15, -0.1) is 0 Å². The smallest absolute Gasteiger partial charge is 0.328 e. The van der Waals surface area contributed by atoms with Gasteiger partial charge in [-0.3, -0.25) is 14.9 Å². The number of phenolic OH excluding ortho intramolecular Hbond substituents is 1. The fourth-order valence-corrected chi connectivity index (χ4v) is 8.44. The highest BCUT2D eigenvalue weighted by Crippen LogP contribution is 2.65. The van der Waals surface area contributed by atoms with Crippen LogP contribution in [0.1, 0.15) is 70.8 Å². The third-order valence-electron chi connectivity index (χ3n) is 10.8. The largest absolute Gasteiger partial charge is 0.502 e. The van der Waals surface area contributed by atoms with E-state index in [9.17, 15) is 29.9 Å². The maximum atomic E-state index is 12.6. The van der Waals surface area contributed by atoms with Crippen LogP contribution < -0.4 is 5.32 Å². The Morgan fingerprint density at radius 3 is 2.69 bits per heavy atom. The van der Waals surface area contributed by atoms with Crippen molar-refractivity contribution in [2.75, 3.05) is 13.7 Å². The Balaban J connectivity index is 1.19. The molecule has 5 unspecified atom stereocenters. The minimum absolute atomic E-state index is 0.0589. The van der Waals surface area contributed by atoms with Crippen molar-refractivity contribution in [1.82, 2.24) is 5.32 Å². The Labute approximate surface area is 245 Å². The first-order valence-electron chi connectivity index (χ1n) is 14.9. The third-order valence-corrected chi connectivity index (χ3v) is 10.8. The Kier molecular flexibility index (Phi) is 8.33. The molecule has 0 aromatic heterocycles. The number of aliphatic hydroxyl groups excluding tert-OH is 1. The normalized spacial score (nSPS) is 33.4. The van der Waals surface area contributed by atoms with Gasteiger partial charge >= 0.3 is 11.7 Å². The van der Waals surface area contributed by atoms with Crippen molar-refractivity contribution < 1.29 is 34.3 Å². The number of carbonyl (C=O) groups is 2. The molecule has 0 aliphatic heterocycles. The van der Waals surface area contributed by atoms with E-state index in [0.29, 0.717) is 23.3 Å². The molecule has 1 amide bonds. The molecular weight excluding hydrogens is 542 g/mol. The van der Waals surface area contributed by atoms with Gasteiger partial charge in [0, 0.05) is 12.5 Å². The van der Waals surface area contributed by atoms with Crippen LogP contribution in [0.25, 0.3) is 0 Å². The average molecular weight is 584 g/mol. The summed E-state index contributed by atoms with van der Waals surface area (Å²) in [6, 6.07) is 2.66. The molecule has 0 heterocycles. The standard InChI is InChI=1S/C31H41N3O8/c1-30-12-10-20(16-19(30)5-6-21-22-7-9-27(36)31(22,2)13-11-23(21)30)33-42-17-28(37)32-24(29(38)41-3)14-18-4-8-26(35)25(15-18)34(39)40/h4,8,15-16,21-24,27,35-36H,5-7,9-14,17H2,1-3H3,(H,32,37)/t21?,22?,23?,24?,27?,30-,31-/m0/s1. The van der Waals surface area contributed by atoms with Gasteiger partial charge in [-0.2, -0.15) is 0 Å². The van der Waals surface area contributed by atoms with Crippen LogP contribution in [0.15, 0.2) is 35.0 Å². The Bertz CT molecular complexity index is 1310. The summed E-state index contributed by atoms with van der Waals surface area (Å²) in [4.78, 5) is 40.7. The first kappa shape index (κ1) is 30.0. The predicted molar refractivity (Wildman–Crippen MR) is 154 cm³/mol. The number of aliphatic hydroxyl groups is 1. The van der Waals surface area contributed by atoms with Gasteiger partial charge in [-0.05, 0) is 97.7 Å². The van der Waals surface area contributed by atoms with Crippen molar-refractivity contribution in [3.05, 3.63) is 45.5 Å². The van der Waals surface area contributed by atoms with Gasteiger partial charge in [0.25, 0.3) is 5.91 Å². The summed E-state index contributed by atoms with van der Waals surface area (Å²) in [6.45, 7) is 4.29. The third kappa shape index (κ3) is 5.50. The first-order chi connectivity index (χ1) is 20.0. The number of carbonyl (C=O) groups excluding carboxylic acids is 2. The first-order valence-corrected chi connectivity index (χ1v) is 14.9. The summed E-state index contributed by atoms with van der Waals surface area (Å²) in [5.74, 6) is 0.0699. The van der Waals surface area contributed by atoms with Gasteiger partial charge in [-0.25, -0.2) is 4.79 Å². The van der Waals surface area contributed by atoms with Gasteiger partial charge < -0.3 is 25.1 Å². The van der Waals surface area contributed by atoms with Crippen molar-refractivity contribution in [3.63, 3.8) is 0 Å². The molecule has 11 heteroatoms. The number of nitrogens with one attached hydrogen (secondary N) is 1. The number of oxime groups is 1. The van der Waals surface area contributed by atoms with Gasteiger partial charge in [-0.1, -0.05) is 30.6 Å². The Morgan fingerprint density at radius 2 is 1.95 bits per heavy atom. The number of phenols is 1. The number of methoxy groups -OCH3 is 1. The number of aromatic hydroxyl groups is 1. The molecule has 0 bridgehead atoms. The number of nitrogens with zero attached hydrogens (tertiary/aromatic N) is 2. The van der Waals surface area contributed by atoms with Crippen LogP contribution in [0.2, 0.25) is 0 Å². The Hall–Kier alpha value is -3.47. The van der Waals surface area contributed by atoms with E-state index >= 15 is 0 Å². The molecule has 3 fully saturated rings. The fraction of sp³-hybridized carbons (Fsp3) is 0.645. The molecule has 7 atom stereocenters. The monoisotopic (exact) mass is 583 g/mol. The molecule has 11 nitrogen and oxygen atoms in total. The van der Waals surface area contributed by atoms with Crippen LogP contribution in [0.4, 0.5) is 5.69 Å². The maximum Gasteiger partial charge on any atom is 0.328 e. The van der Waals surface area contributed by atoms with Gasteiger partial charge in [0.2, 0.25) is 0 Å². The van der Waals surface area contributed by atoms with E-state index in [4.69, 9.17) is 9.57 Å². The van der Waals surface area contributed by atoms with Crippen LogP contribution in [-0.2, 0) is 25.6 Å². The maximum absolute atomic E-state index is 12.6. The second-order valence-corrected chi connectivity index (χ2v) is 12.9. The summed E-state index contributed by atoms with van der Waals surface area (Å²) in [5.41, 5.74) is 2.25. The molecule has 1 aromatic carbocycles. The van der Waals surface area contributed by atoms with E-state index in [0.717, 1.165) is 63.1 Å². The van der Waals surface area contributed by atoms with Crippen molar-refractivity contribution in [2.45, 2.75) is 83.8 Å². The highest BCUT2D eigenvalue weighted by atomic mass is 16.6. The molecule has 4 aliphatic carbocycles. The molecule has 5 rings (SSSR count). The van der Waals surface area contributed by atoms with Crippen molar-refractivity contribution in [1.29, 1.82) is 0 Å². The lowest BCUT2D eigenvalue weighted by atomic mass is 9.47. The molecular formula is C31H41N3O8. The van der Waals surface area contributed by atoms with Crippen LogP contribution in [0, 0.1) is 38.7 Å². The summed E-state index contributed by atoms with van der Waals surface area (Å²) in [7, 11) is 1.18. The zero-order valence-electron chi connectivity index (χ0n) is 24.5. The molecule has 42 heavy (non-hydrogen) atoms. The molecule has 228 valence electrons. The van der Waals surface area contributed by atoms with Crippen LogP contribution >= 0.6 is 0 Å². The van der Waals surface area contributed by atoms with Gasteiger partial charge in [0.15, 0.2) is 12.4 Å². The number of rotatable bonds is 8. The summed E-state index contributed by atoms with van der Waals surface area (Å²) in [5, 5.41) is 38.3. The minimum atomic E-state index is -1.10. The van der Waals surface area contributed by atoms with Crippen LogP contribution in [-0.4, -0.2) is 58.6 Å². The number of hydrogen-bond acceptors (Lipinski definition) is 9. The number of ether oxygens (including phenoxy) is 1. The molecule has 0 saturated heterocycles. The van der Waals surface area contributed by atoms with Crippen LogP contribution in [0.3, 0.4) is 0 Å². The van der Waals surface area contributed by atoms with Crippen molar-refractivity contribution in [2.24, 2.45) is 33.7 Å². The highest BCUT2D eigenvalue weighted by Gasteiger charge is 2.58. The summed E-state index contributed by atoms with van der Waals surface area (Å²) < 4.78 is 4.79. The predicted octanol–water partition coefficient (Wildman–Crippen LogP) is 4.20. The second-order valence-electron chi connectivity index (χ2n) is 12.9. The molecule has 0 radical (unpaired) electrons. The van der Waals surface area contributed by atoms with E-state index in [1.165, 1.54) is 24.8 Å². The molecule has 1 aromatic rings. The summed E-state index contributed by atoms with van der Waals surface area (Å²) in [6.07, 6.45) is 10.0. The average Bonchev–Trinajstić information content (AvgIpc) is 3.27. The van der Waals surface area contributed by atoms with E-state index < -0.39 is 40.9 Å². The van der Waals surface area contributed by atoms with Crippen molar-refractivity contribution >= 4 is 23.3 Å². The number of amides is 1. The molecule has 3 saturated carbocycles. The van der Waals surface area contributed by atoms with E-state index in [1.54, 1.807) is 0 Å². The number of allylic oxidation sites excluding steroid dienone is 2. The summed E-state index contributed by atoms with van der Waals surface area (Å²) >= 11 is 0. The van der Waals surface area contributed by atoms with Gasteiger partial charge in [0.05, 0.1) is 23.8 Å². The lowest BCUT2D eigenvalue weighted by molar-refractivity contribution is -0.385. The Morgan fingerprint density at radius 1 is 1.17 bits per heavy atom. The number of hydrogen-bond donors (Lipinski definition) is 3. The van der Waals surface area contributed by atoms with Crippen LogP contribution in [0.5, 0.6) is 5.75 Å². The number of esters is 1.